The summed E-state index contributed by atoms with van der Waals surface area (Å²) in [5.41, 5.74) is 0.832. The van der Waals surface area contributed by atoms with Crippen molar-refractivity contribution in [2.24, 2.45) is 12.0 Å². The average Bonchev–Trinajstić information content (AvgIpc) is 2.96. The zero-order valence-corrected chi connectivity index (χ0v) is 18.5. The Morgan fingerprint density at radius 2 is 2.11 bits per heavy atom. The number of aliphatic imine (C=N–C) groups is 1. The van der Waals surface area contributed by atoms with Crippen molar-refractivity contribution < 1.29 is 9.47 Å². The molecule has 0 saturated heterocycles. The van der Waals surface area contributed by atoms with E-state index in [2.05, 4.69) is 32.4 Å². The van der Waals surface area contributed by atoms with Gasteiger partial charge in [-0.2, -0.15) is 0 Å². The minimum Gasteiger partial charge on any atom is -0.493 e. The molecule has 9 heteroatoms. The van der Waals surface area contributed by atoms with Crippen LogP contribution in [0.2, 0.25) is 0 Å². The molecule has 0 radical (unpaired) electrons. The minimum atomic E-state index is 0. The standard InChI is InChI=1S/C18H26N6O2.HI/c1-6-10-19-18(20-12-17-23-22-13(3)24(17)4)21-14-8-9-15(25-5)16(11-14)26-7-2;/h6,8-9,11H,1,7,10,12H2,2-5H3,(H2,19,20,21);1H. The molecule has 0 aliphatic carbocycles. The first-order chi connectivity index (χ1) is 12.6. The first kappa shape index (κ1) is 22.7. The van der Waals surface area contributed by atoms with Crippen LogP contribution in [0.15, 0.2) is 35.8 Å². The molecule has 0 aliphatic rings. The third kappa shape index (κ3) is 6.42. The van der Waals surface area contributed by atoms with Gasteiger partial charge in [0.1, 0.15) is 12.4 Å². The second-order valence-electron chi connectivity index (χ2n) is 5.48. The number of aromatic nitrogens is 3. The zero-order valence-electron chi connectivity index (χ0n) is 16.2. The Hall–Kier alpha value is -2.30. The number of ether oxygens (including phenoxy) is 2. The van der Waals surface area contributed by atoms with Crippen LogP contribution in [0.1, 0.15) is 18.6 Å². The molecule has 27 heavy (non-hydrogen) atoms. The molecule has 148 valence electrons. The van der Waals surface area contributed by atoms with Crippen molar-refractivity contribution in [1.29, 1.82) is 0 Å². The summed E-state index contributed by atoms with van der Waals surface area (Å²) < 4.78 is 12.8. The summed E-state index contributed by atoms with van der Waals surface area (Å²) in [6.07, 6.45) is 1.77. The lowest BCUT2D eigenvalue weighted by Crippen LogP contribution is -2.31. The van der Waals surface area contributed by atoms with Gasteiger partial charge in [-0.3, -0.25) is 0 Å². The summed E-state index contributed by atoms with van der Waals surface area (Å²) in [5, 5.41) is 14.6. The molecule has 1 aromatic carbocycles. The number of rotatable bonds is 8. The number of nitrogens with one attached hydrogen (secondary N) is 2. The Bertz CT molecular complexity index is 775. The zero-order chi connectivity index (χ0) is 18.9. The van der Waals surface area contributed by atoms with E-state index in [4.69, 9.17) is 9.47 Å². The highest BCUT2D eigenvalue weighted by atomic mass is 127. The molecular weight excluding hydrogens is 459 g/mol. The lowest BCUT2D eigenvalue weighted by Gasteiger charge is -2.14. The number of methoxy groups -OCH3 is 1. The van der Waals surface area contributed by atoms with Crippen molar-refractivity contribution in [1.82, 2.24) is 20.1 Å². The summed E-state index contributed by atoms with van der Waals surface area (Å²) in [4.78, 5) is 4.57. The van der Waals surface area contributed by atoms with E-state index in [-0.39, 0.29) is 24.0 Å². The molecular formula is C18H27IN6O2. The number of guanidine groups is 1. The Kier molecular flexibility index (Phi) is 9.62. The topological polar surface area (TPSA) is 85.6 Å². The van der Waals surface area contributed by atoms with E-state index in [9.17, 15) is 0 Å². The van der Waals surface area contributed by atoms with Crippen molar-refractivity contribution in [3.63, 3.8) is 0 Å². The van der Waals surface area contributed by atoms with Gasteiger partial charge in [-0.05, 0) is 26.0 Å². The smallest absolute Gasteiger partial charge is 0.196 e. The third-order valence-electron chi connectivity index (χ3n) is 3.70. The molecule has 0 spiro atoms. The van der Waals surface area contributed by atoms with E-state index in [1.807, 2.05) is 43.7 Å². The highest BCUT2D eigenvalue weighted by Crippen LogP contribution is 2.30. The first-order valence-corrected chi connectivity index (χ1v) is 8.41. The summed E-state index contributed by atoms with van der Waals surface area (Å²) >= 11 is 0. The maximum absolute atomic E-state index is 5.62. The van der Waals surface area contributed by atoms with Crippen LogP contribution in [0.3, 0.4) is 0 Å². The lowest BCUT2D eigenvalue weighted by molar-refractivity contribution is 0.311. The molecule has 0 amide bonds. The van der Waals surface area contributed by atoms with Crippen LogP contribution in [-0.4, -0.2) is 41.0 Å². The molecule has 1 heterocycles. The second-order valence-corrected chi connectivity index (χ2v) is 5.48. The fourth-order valence-electron chi connectivity index (χ4n) is 2.21. The van der Waals surface area contributed by atoms with Crippen LogP contribution in [0.5, 0.6) is 11.5 Å². The van der Waals surface area contributed by atoms with Gasteiger partial charge >= 0.3 is 0 Å². The van der Waals surface area contributed by atoms with Gasteiger partial charge in [-0.1, -0.05) is 6.08 Å². The third-order valence-corrected chi connectivity index (χ3v) is 3.70. The van der Waals surface area contributed by atoms with E-state index < -0.39 is 0 Å². The Morgan fingerprint density at radius 1 is 1.33 bits per heavy atom. The molecule has 1 aromatic heterocycles. The first-order valence-electron chi connectivity index (χ1n) is 8.41. The number of hydrogen-bond acceptors (Lipinski definition) is 5. The van der Waals surface area contributed by atoms with E-state index in [1.165, 1.54) is 0 Å². The molecule has 2 aromatic rings. The molecule has 0 fully saturated rings. The largest absolute Gasteiger partial charge is 0.493 e. The van der Waals surface area contributed by atoms with Crippen LogP contribution in [0, 0.1) is 6.92 Å². The van der Waals surface area contributed by atoms with E-state index in [1.54, 1.807) is 13.2 Å². The van der Waals surface area contributed by atoms with Gasteiger partial charge in [0.15, 0.2) is 23.3 Å². The van der Waals surface area contributed by atoms with Crippen LogP contribution in [-0.2, 0) is 13.6 Å². The minimum absolute atomic E-state index is 0. The Morgan fingerprint density at radius 3 is 2.70 bits per heavy atom. The van der Waals surface area contributed by atoms with Gasteiger partial charge in [0.25, 0.3) is 0 Å². The summed E-state index contributed by atoms with van der Waals surface area (Å²) in [6, 6.07) is 5.63. The molecule has 0 saturated carbocycles. The van der Waals surface area contributed by atoms with Gasteiger partial charge in [-0.15, -0.1) is 40.8 Å². The average molecular weight is 486 g/mol. The Labute approximate surface area is 177 Å². The fourth-order valence-corrected chi connectivity index (χ4v) is 2.21. The summed E-state index contributed by atoms with van der Waals surface area (Å²) in [7, 11) is 3.54. The van der Waals surface area contributed by atoms with Crippen molar-refractivity contribution in [3.05, 3.63) is 42.5 Å². The Balaban J connectivity index is 0.00000364. The maximum Gasteiger partial charge on any atom is 0.196 e. The van der Waals surface area contributed by atoms with Crippen LogP contribution >= 0.6 is 24.0 Å². The summed E-state index contributed by atoms with van der Waals surface area (Å²) in [5.74, 6) is 3.60. The lowest BCUT2D eigenvalue weighted by atomic mass is 10.2. The van der Waals surface area contributed by atoms with Gasteiger partial charge in [0.05, 0.1) is 13.7 Å². The molecule has 0 bridgehead atoms. The van der Waals surface area contributed by atoms with Gasteiger partial charge in [0.2, 0.25) is 0 Å². The molecule has 2 N–H and O–H groups in total. The van der Waals surface area contributed by atoms with Crippen molar-refractivity contribution in [2.45, 2.75) is 20.4 Å². The molecule has 0 aliphatic heterocycles. The molecule has 2 rings (SSSR count). The van der Waals surface area contributed by atoms with Crippen LogP contribution in [0.4, 0.5) is 5.69 Å². The predicted molar refractivity (Wildman–Crippen MR) is 118 cm³/mol. The van der Waals surface area contributed by atoms with Gasteiger partial charge in [0, 0.05) is 25.3 Å². The van der Waals surface area contributed by atoms with E-state index in [0.29, 0.717) is 37.2 Å². The normalized spacial score (nSPS) is 10.7. The number of halogens is 1. The number of nitrogens with zero attached hydrogens (tertiary/aromatic N) is 4. The van der Waals surface area contributed by atoms with E-state index in [0.717, 1.165) is 17.3 Å². The highest BCUT2D eigenvalue weighted by Gasteiger charge is 2.08. The monoisotopic (exact) mass is 486 g/mol. The van der Waals surface area contributed by atoms with E-state index >= 15 is 0 Å². The van der Waals surface area contributed by atoms with Crippen molar-refractivity contribution >= 4 is 35.6 Å². The molecule has 8 nitrogen and oxygen atoms in total. The van der Waals surface area contributed by atoms with Crippen molar-refractivity contribution in [3.8, 4) is 11.5 Å². The predicted octanol–water partition coefficient (Wildman–Crippen LogP) is 2.89. The van der Waals surface area contributed by atoms with Crippen LogP contribution in [0.25, 0.3) is 0 Å². The van der Waals surface area contributed by atoms with Crippen LogP contribution < -0.4 is 20.1 Å². The highest BCUT2D eigenvalue weighted by molar-refractivity contribution is 14.0. The van der Waals surface area contributed by atoms with Crippen molar-refractivity contribution in [2.75, 3.05) is 25.6 Å². The fraction of sp³-hybridized carbons (Fsp3) is 0.389. The number of benzene rings is 1. The SMILES string of the molecule is C=CCNC(=NCc1nnc(C)n1C)Nc1ccc(OC)c(OCC)c1.I. The maximum atomic E-state index is 5.62. The second kappa shape index (κ2) is 11.4. The molecule has 0 unspecified atom stereocenters. The quantitative estimate of drug-likeness (QED) is 0.259. The number of anilines is 1. The molecule has 0 atom stereocenters. The summed E-state index contributed by atoms with van der Waals surface area (Å²) in [6.45, 7) is 9.10. The van der Waals surface area contributed by atoms with Gasteiger partial charge < -0.3 is 24.7 Å². The number of hydrogen-bond donors (Lipinski definition) is 2. The van der Waals surface area contributed by atoms with Gasteiger partial charge in [-0.25, -0.2) is 4.99 Å². The number of aryl methyl sites for hydroxylation is 1.